The summed E-state index contributed by atoms with van der Waals surface area (Å²) in [6.45, 7) is 11.1. The third-order valence-electron chi connectivity index (χ3n) is 11.1. The molecule has 0 unspecified atom stereocenters. The van der Waals surface area contributed by atoms with Crippen LogP contribution in [0.4, 0.5) is 0 Å². The van der Waals surface area contributed by atoms with Crippen LogP contribution in [0.25, 0.3) is 11.0 Å². The number of allylic oxidation sites excluding steroid dienone is 1. The Bertz CT molecular complexity index is 1810. The maximum Gasteiger partial charge on any atom is 0.313 e. The number of carbonyl (C=O) groups excluding carboxylic acids is 4. The van der Waals surface area contributed by atoms with E-state index in [0.29, 0.717) is 36.8 Å². The summed E-state index contributed by atoms with van der Waals surface area (Å²) in [5.41, 5.74) is 0.786. The number of ether oxygens (including phenoxy) is 2. The smallest absolute Gasteiger partial charge is 0.313 e. The summed E-state index contributed by atoms with van der Waals surface area (Å²) in [6, 6.07) is 14.3. The number of para-hydroxylation sites is 1. The van der Waals surface area contributed by atoms with Crippen molar-refractivity contribution in [1.82, 2.24) is 29.7 Å². The Labute approximate surface area is 303 Å². The third-order valence-corrected chi connectivity index (χ3v) is 11.1. The first kappa shape index (κ1) is 36.9. The number of hydrogen-bond donors (Lipinski definition) is 1. The first-order valence-electron chi connectivity index (χ1n) is 18.0. The quantitative estimate of drug-likeness (QED) is 0.174. The molecular formula is C39H48N6O7. The van der Waals surface area contributed by atoms with Crippen LogP contribution < -0.4 is 0 Å². The number of likely N-dealkylation sites (tertiary alicyclic amines) is 1. The highest BCUT2D eigenvalue weighted by Crippen LogP contribution is 2.59. The van der Waals surface area contributed by atoms with Crippen LogP contribution in [0, 0.1) is 11.8 Å². The van der Waals surface area contributed by atoms with Crippen molar-refractivity contribution in [2.24, 2.45) is 11.8 Å². The third kappa shape index (κ3) is 6.40. The lowest BCUT2D eigenvalue weighted by atomic mass is 9.70. The summed E-state index contributed by atoms with van der Waals surface area (Å²) in [4.78, 5) is 61.6. The molecule has 3 aromatic rings. The van der Waals surface area contributed by atoms with E-state index in [-0.39, 0.29) is 32.1 Å². The second-order valence-electron chi connectivity index (χ2n) is 14.0. The molecule has 3 saturated heterocycles. The van der Waals surface area contributed by atoms with E-state index in [1.54, 1.807) is 33.7 Å². The monoisotopic (exact) mass is 712 g/mol. The molecule has 1 N–H and O–H groups in total. The first-order valence-corrected chi connectivity index (χ1v) is 18.0. The minimum absolute atomic E-state index is 0.0329. The van der Waals surface area contributed by atoms with E-state index >= 15 is 0 Å². The van der Waals surface area contributed by atoms with Crippen molar-refractivity contribution in [2.45, 2.75) is 88.6 Å². The van der Waals surface area contributed by atoms with Gasteiger partial charge in [0.2, 0.25) is 17.7 Å². The van der Waals surface area contributed by atoms with Gasteiger partial charge in [-0.05, 0) is 50.3 Å². The average molecular weight is 713 g/mol. The van der Waals surface area contributed by atoms with Crippen molar-refractivity contribution in [3.8, 4) is 0 Å². The number of nitrogens with zero attached hydrogens (tertiary/aromatic N) is 6. The predicted molar refractivity (Wildman–Crippen MR) is 192 cm³/mol. The Morgan fingerprint density at radius 3 is 2.56 bits per heavy atom. The number of fused-ring (bicyclic) bond motifs is 2. The molecule has 4 heterocycles. The van der Waals surface area contributed by atoms with Crippen molar-refractivity contribution < 1.29 is 33.8 Å². The molecule has 8 atom stereocenters. The second-order valence-corrected chi connectivity index (χ2v) is 14.0. The number of amides is 3. The molecule has 52 heavy (non-hydrogen) atoms. The summed E-state index contributed by atoms with van der Waals surface area (Å²) in [5, 5.41) is 19.0. The maximum absolute atomic E-state index is 14.9. The Kier molecular flexibility index (Phi) is 10.9. The number of likely N-dealkylation sites (N-methyl/N-ethyl adjacent to an activating group) is 1. The summed E-state index contributed by atoms with van der Waals surface area (Å²) < 4.78 is 14.6. The van der Waals surface area contributed by atoms with Crippen molar-refractivity contribution in [3.05, 3.63) is 85.5 Å². The van der Waals surface area contributed by atoms with Crippen LogP contribution in [0.3, 0.4) is 0 Å². The minimum atomic E-state index is -1.32. The molecule has 0 saturated carbocycles. The molecule has 13 heteroatoms. The number of hydrogen-bond acceptors (Lipinski definition) is 9. The number of rotatable bonds is 16. The van der Waals surface area contributed by atoms with Gasteiger partial charge in [-0.3, -0.25) is 19.2 Å². The molecule has 1 aromatic heterocycles. The van der Waals surface area contributed by atoms with Crippen LogP contribution in [0.5, 0.6) is 0 Å². The molecular weight excluding hydrogens is 664 g/mol. The molecule has 2 bridgehead atoms. The lowest BCUT2D eigenvalue weighted by Crippen LogP contribution is -2.58. The Balaban J connectivity index is 1.33. The zero-order valence-corrected chi connectivity index (χ0v) is 30.0. The van der Waals surface area contributed by atoms with E-state index in [2.05, 4.69) is 23.5 Å². The number of carbonyl (C=O) groups is 4. The highest BCUT2D eigenvalue weighted by Gasteiger charge is 2.75. The second kappa shape index (κ2) is 15.4. The molecule has 276 valence electrons. The van der Waals surface area contributed by atoms with Crippen molar-refractivity contribution in [3.63, 3.8) is 0 Å². The van der Waals surface area contributed by atoms with Gasteiger partial charge in [0.15, 0.2) is 0 Å². The van der Waals surface area contributed by atoms with E-state index in [1.165, 1.54) is 4.90 Å². The van der Waals surface area contributed by atoms with Crippen LogP contribution in [0.15, 0.2) is 79.9 Å². The molecule has 3 fully saturated rings. The average Bonchev–Trinajstić information content (AvgIpc) is 3.92. The summed E-state index contributed by atoms with van der Waals surface area (Å²) >= 11 is 0. The van der Waals surface area contributed by atoms with Crippen LogP contribution >= 0.6 is 0 Å². The van der Waals surface area contributed by atoms with Crippen molar-refractivity contribution in [1.29, 1.82) is 0 Å². The van der Waals surface area contributed by atoms with Gasteiger partial charge < -0.3 is 29.3 Å². The molecule has 0 radical (unpaired) electrons. The molecule has 2 aromatic carbocycles. The zero-order valence-electron chi connectivity index (χ0n) is 30.0. The predicted octanol–water partition coefficient (Wildman–Crippen LogP) is 3.65. The summed E-state index contributed by atoms with van der Waals surface area (Å²) in [5.74, 6) is -3.57. The number of aliphatic hydroxyl groups is 1. The van der Waals surface area contributed by atoms with Gasteiger partial charge in [-0.25, -0.2) is 4.68 Å². The van der Waals surface area contributed by atoms with E-state index in [1.807, 2.05) is 68.4 Å². The summed E-state index contributed by atoms with van der Waals surface area (Å²) in [6.07, 6.45) is 3.77. The van der Waals surface area contributed by atoms with E-state index in [0.717, 1.165) is 5.52 Å². The largest absolute Gasteiger partial charge is 0.455 e. The fourth-order valence-electron chi connectivity index (χ4n) is 8.30. The molecule has 0 aliphatic carbocycles. The maximum atomic E-state index is 14.9. The van der Waals surface area contributed by atoms with Gasteiger partial charge >= 0.3 is 5.97 Å². The van der Waals surface area contributed by atoms with Gasteiger partial charge in [-0.2, -0.15) is 0 Å². The molecule has 3 aliphatic heterocycles. The molecule has 3 aliphatic rings. The van der Waals surface area contributed by atoms with Gasteiger partial charge in [0, 0.05) is 20.0 Å². The molecule has 6 rings (SSSR count). The van der Waals surface area contributed by atoms with Gasteiger partial charge in [-0.15, -0.1) is 18.3 Å². The topological polar surface area (TPSA) is 147 Å². The van der Waals surface area contributed by atoms with E-state index in [9.17, 15) is 24.3 Å². The lowest BCUT2D eigenvalue weighted by Gasteiger charge is -2.39. The zero-order chi connectivity index (χ0) is 37.2. The fourth-order valence-corrected chi connectivity index (χ4v) is 8.30. The highest BCUT2D eigenvalue weighted by molar-refractivity contribution is 5.98. The minimum Gasteiger partial charge on any atom is -0.455 e. The van der Waals surface area contributed by atoms with Crippen LogP contribution in [0.1, 0.15) is 57.6 Å². The normalized spacial score (nSPS) is 25.0. The Morgan fingerprint density at radius 1 is 1.13 bits per heavy atom. The summed E-state index contributed by atoms with van der Waals surface area (Å²) in [7, 11) is 1.68. The van der Waals surface area contributed by atoms with Crippen LogP contribution in [0.2, 0.25) is 0 Å². The molecule has 13 nitrogen and oxygen atoms in total. The Morgan fingerprint density at radius 2 is 1.87 bits per heavy atom. The first-order chi connectivity index (χ1) is 25.1. The number of benzene rings is 2. The number of esters is 1. The van der Waals surface area contributed by atoms with Crippen molar-refractivity contribution in [2.75, 3.05) is 20.2 Å². The number of aliphatic hydroxyl groups excluding tert-OH is 1. The van der Waals surface area contributed by atoms with Gasteiger partial charge in [0.1, 0.15) is 29.9 Å². The van der Waals surface area contributed by atoms with Crippen LogP contribution in [-0.2, 0) is 35.3 Å². The van der Waals surface area contributed by atoms with E-state index < -0.39 is 65.6 Å². The van der Waals surface area contributed by atoms with E-state index in [4.69, 9.17) is 9.47 Å². The molecule has 1 spiro atoms. The molecule has 3 amide bonds. The number of aromatic nitrogens is 3. The highest BCUT2D eigenvalue weighted by atomic mass is 16.6. The van der Waals surface area contributed by atoms with Gasteiger partial charge in [0.05, 0.1) is 42.1 Å². The SMILES string of the molecule is C=CCCC(=O)N(C)[C@@H](C)[C@@H](OC(=O)[C@@H]1[C@H]2C(=O)N([C@@H](CC)CO)[C@H](C(=O)N(CC=C)Cn3nnc4ccccc43)[C@]23CC[C@H]1O3)c1ccccc1. The van der Waals surface area contributed by atoms with Gasteiger partial charge in [-0.1, -0.05) is 66.8 Å². The standard InChI is InChI=1S/C39H48N6O7/c1-6-9-19-31(47)42(5)25(4)34(26-15-11-10-12-16-26)51-38(50)32-30-20-21-39(52-30)33(32)36(48)45(27(8-3)23-46)35(39)37(49)43(22-7-2)24-44-29-18-14-13-17-28(29)40-41-44/h6-7,10-18,25,27,30,32-35,46H,1-2,8-9,19-24H2,3-5H3/t25-,27-,30+,32-,33-,34+,35+,39-/m0/s1. The van der Waals surface area contributed by atoms with Crippen LogP contribution in [-0.4, -0.2) is 109 Å². The lowest BCUT2D eigenvalue weighted by molar-refractivity contribution is -0.165. The van der Waals surface area contributed by atoms with Gasteiger partial charge in [0.25, 0.3) is 0 Å². The Hall–Kier alpha value is -4.88. The van der Waals surface area contributed by atoms with Crippen molar-refractivity contribution >= 4 is 34.7 Å². The fraction of sp³-hybridized carbons (Fsp3) is 0.487.